The van der Waals surface area contributed by atoms with Crippen molar-refractivity contribution in [3.8, 4) is 28.0 Å². The normalized spacial score (nSPS) is 11.4. The van der Waals surface area contributed by atoms with E-state index in [1.54, 1.807) is 19.2 Å². The summed E-state index contributed by atoms with van der Waals surface area (Å²) in [6, 6.07) is 31.8. The topological polar surface area (TPSA) is 57.3 Å². The van der Waals surface area contributed by atoms with E-state index in [4.69, 9.17) is 4.74 Å². The molecular weight excluding hydrogens is 436 g/mol. The van der Waals surface area contributed by atoms with Gasteiger partial charge in [-0.2, -0.15) is 0 Å². The summed E-state index contributed by atoms with van der Waals surface area (Å²) >= 11 is 0. The maximum absolute atomic E-state index is 11.4. The molecule has 1 aromatic heterocycles. The first-order chi connectivity index (χ1) is 17.1. The van der Waals surface area contributed by atoms with Gasteiger partial charge in [0, 0.05) is 46.4 Å². The highest BCUT2D eigenvalue weighted by molar-refractivity contribution is 6.28. The van der Waals surface area contributed by atoms with Crippen LogP contribution in [0.25, 0.3) is 54.8 Å². The second kappa shape index (κ2) is 7.99. The van der Waals surface area contributed by atoms with Crippen molar-refractivity contribution < 1.29 is 9.66 Å². The standard InChI is InChI=1S/C30H22N2O3/c1-31-26-10-6-5-9-25(26)29-28(20-11-15-21(16-12-20)32(33)34)27(19-13-17-22(35-2)18-14-19)23-7-3-4-8-24(23)30(29)31/h3-18H,1-2H3. The van der Waals surface area contributed by atoms with E-state index in [2.05, 4.69) is 72.3 Å². The molecule has 5 nitrogen and oxygen atoms in total. The Morgan fingerprint density at radius 2 is 1.29 bits per heavy atom. The van der Waals surface area contributed by atoms with Gasteiger partial charge in [0.15, 0.2) is 0 Å². The highest BCUT2D eigenvalue weighted by Crippen LogP contribution is 2.48. The van der Waals surface area contributed by atoms with Crippen molar-refractivity contribution in [1.82, 2.24) is 4.57 Å². The molecule has 0 fully saturated rings. The van der Waals surface area contributed by atoms with Gasteiger partial charge in [-0.05, 0) is 52.4 Å². The van der Waals surface area contributed by atoms with Crippen LogP contribution in [0.3, 0.4) is 0 Å². The van der Waals surface area contributed by atoms with E-state index in [9.17, 15) is 10.1 Å². The van der Waals surface area contributed by atoms with Crippen LogP contribution in [0, 0.1) is 10.1 Å². The van der Waals surface area contributed by atoms with Gasteiger partial charge in [0.1, 0.15) is 5.75 Å². The first-order valence-corrected chi connectivity index (χ1v) is 11.4. The molecule has 0 saturated heterocycles. The molecule has 6 rings (SSSR count). The minimum Gasteiger partial charge on any atom is -0.497 e. The third-order valence-corrected chi connectivity index (χ3v) is 6.80. The molecule has 0 bridgehead atoms. The van der Waals surface area contributed by atoms with Crippen molar-refractivity contribution in [2.24, 2.45) is 7.05 Å². The van der Waals surface area contributed by atoms with Crippen LogP contribution in [0.4, 0.5) is 5.69 Å². The number of rotatable bonds is 4. The second-order valence-corrected chi connectivity index (χ2v) is 8.63. The Labute approximate surface area is 202 Å². The van der Waals surface area contributed by atoms with Crippen molar-refractivity contribution >= 4 is 38.3 Å². The molecule has 0 spiro atoms. The molecular formula is C30H22N2O3. The molecule has 5 aromatic carbocycles. The number of fused-ring (bicyclic) bond motifs is 5. The molecule has 1 heterocycles. The lowest BCUT2D eigenvalue weighted by Crippen LogP contribution is -1.94. The van der Waals surface area contributed by atoms with Crippen LogP contribution in [-0.4, -0.2) is 16.6 Å². The molecule has 0 aliphatic carbocycles. The lowest BCUT2D eigenvalue weighted by atomic mass is 9.86. The van der Waals surface area contributed by atoms with E-state index in [0.29, 0.717) is 0 Å². The molecule has 0 unspecified atom stereocenters. The summed E-state index contributed by atoms with van der Waals surface area (Å²) in [4.78, 5) is 11.0. The number of ether oxygens (including phenoxy) is 1. The number of methoxy groups -OCH3 is 1. The smallest absolute Gasteiger partial charge is 0.269 e. The van der Waals surface area contributed by atoms with Gasteiger partial charge in [-0.15, -0.1) is 0 Å². The number of hydrogen-bond acceptors (Lipinski definition) is 3. The number of nitro groups is 1. The third kappa shape index (κ3) is 3.16. The number of nitro benzene ring substituents is 1. The van der Waals surface area contributed by atoms with Gasteiger partial charge in [-0.25, -0.2) is 0 Å². The Bertz CT molecular complexity index is 1750. The predicted molar refractivity (Wildman–Crippen MR) is 142 cm³/mol. The average molecular weight is 459 g/mol. The highest BCUT2D eigenvalue weighted by Gasteiger charge is 2.22. The number of nitrogens with zero attached hydrogens (tertiary/aromatic N) is 2. The molecule has 0 saturated carbocycles. The highest BCUT2D eigenvalue weighted by atomic mass is 16.6. The summed E-state index contributed by atoms with van der Waals surface area (Å²) in [7, 11) is 3.76. The predicted octanol–water partition coefficient (Wildman–Crippen LogP) is 7.74. The van der Waals surface area contributed by atoms with Gasteiger partial charge in [0.25, 0.3) is 5.69 Å². The maximum atomic E-state index is 11.4. The first kappa shape index (κ1) is 20.9. The number of aromatic nitrogens is 1. The van der Waals surface area contributed by atoms with Crippen LogP contribution in [-0.2, 0) is 7.05 Å². The Hall–Kier alpha value is -4.64. The Morgan fingerprint density at radius 1 is 0.714 bits per heavy atom. The lowest BCUT2D eigenvalue weighted by Gasteiger charge is -2.18. The first-order valence-electron chi connectivity index (χ1n) is 11.4. The molecule has 5 heteroatoms. The van der Waals surface area contributed by atoms with Gasteiger partial charge in [0.05, 0.1) is 17.5 Å². The van der Waals surface area contributed by atoms with Crippen LogP contribution in [0.1, 0.15) is 0 Å². The molecule has 0 aliphatic heterocycles. The quantitative estimate of drug-likeness (QED) is 0.201. The van der Waals surface area contributed by atoms with E-state index >= 15 is 0 Å². The molecule has 6 aromatic rings. The largest absolute Gasteiger partial charge is 0.497 e. The fourth-order valence-electron chi connectivity index (χ4n) is 5.22. The van der Waals surface area contributed by atoms with E-state index in [1.807, 2.05) is 24.3 Å². The van der Waals surface area contributed by atoms with Crippen LogP contribution < -0.4 is 4.74 Å². The van der Waals surface area contributed by atoms with Crippen LogP contribution in [0.2, 0.25) is 0 Å². The summed E-state index contributed by atoms with van der Waals surface area (Å²) in [6.07, 6.45) is 0. The van der Waals surface area contributed by atoms with Gasteiger partial charge >= 0.3 is 0 Å². The van der Waals surface area contributed by atoms with Crippen LogP contribution >= 0.6 is 0 Å². The number of hydrogen-bond donors (Lipinski definition) is 0. The van der Waals surface area contributed by atoms with Crippen LogP contribution in [0.15, 0.2) is 97.1 Å². The average Bonchev–Trinajstić information content (AvgIpc) is 3.20. The van der Waals surface area contributed by atoms with E-state index in [1.165, 1.54) is 0 Å². The third-order valence-electron chi connectivity index (χ3n) is 6.80. The zero-order chi connectivity index (χ0) is 24.1. The minimum atomic E-state index is -0.359. The van der Waals surface area contributed by atoms with E-state index < -0.39 is 0 Å². The van der Waals surface area contributed by atoms with Crippen LogP contribution in [0.5, 0.6) is 5.75 Å². The molecule has 0 radical (unpaired) electrons. The molecule has 35 heavy (non-hydrogen) atoms. The van der Waals surface area contributed by atoms with E-state index in [-0.39, 0.29) is 10.6 Å². The SMILES string of the molecule is COc1ccc(-c2c(-c3ccc([N+](=O)[O-])cc3)c3c4ccccc4n(C)c3c3ccccc23)cc1. The number of benzene rings is 5. The van der Waals surface area contributed by atoms with E-state index in [0.717, 1.165) is 60.6 Å². The summed E-state index contributed by atoms with van der Waals surface area (Å²) in [5, 5.41) is 15.9. The number of aryl methyl sites for hydroxylation is 1. The Kier molecular flexibility index (Phi) is 4.78. The molecule has 170 valence electrons. The second-order valence-electron chi connectivity index (χ2n) is 8.63. The number of para-hydroxylation sites is 1. The van der Waals surface area contributed by atoms with Crippen molar-refractivity contribution in [3.63, 3.8) is 0 Å². The summed E-state index contributed by atoms with van der Waals surface area (Å²) in [5.41, 5.74) is 6.53. The Morgan fingerprint density at radius 3 is 1.94 bits per heavy atom. The van der Waals surface area contributed by atoms with Crippen molar-refractivity contribution in [1.29, 1.82) is 0 Å². The molecule has 0 amide bonds. The summed E-state index contributed by atoms with van der Waals surface area (Å²) < 4.78 is 7.66. The van der Waals surface area contributed by atoms with Gasteiger partial charge in [0.2, 0.25) is 0 Å². The van der Waals surface area contributed by atoms with Gasteiger partial charge < -0.3 is 9.30 Å². The van der Waals surface area contributed by atoms with Crippen molar-refractivity contribution in [3.05, 3.63) is 107 Å². The van der Waals surface area contributed by atoms with Gasteiger partial charge in [-0.3, -0.25) is 10.1 Å². The van der Waals surface area contributed by atoms with Crippen molar-refractivity contribution in [2.75, 3.05) is 7.11 Å². The summed E-state index contributed by atoms with van der Waals surface area (Å²) in [6.45, 7) is 0. The summed E-state index contributed by atoms with van der Waals surface area (Å²) in [5.74, 6) is 0.793. The van der Waals surface area contributed by atoms with Gasteiger partial charge in [-0.1, -0.05) is 54.6 Å². The maximum Gasteiger partial charge on any atom is 0.269 e. The molecule has 0 aliphatic rings. The minimum absolute atomic E-state index is 0.0784. The van der Waals surface area contributed by atoms with Crippen molar-refractivity contribution in [2.45, 2.75) is 0 Å². The zero-order valence-corrected chi connectivity index (χ0v) is 19.4. The lowest BCUT2D eigenvalue weighted by molar-refractivity contribution is -0.384. The number of non-ortho nitro benzene ring substituents is 1. The molecule has 0 atom stereocenters. The Balaban J connectivity index is 1.85. The zero-order valence-electron chi connectivity index (χ0n) is 19.4. The fraction of sp³-hybridized carbons (Fsp3) is 0.0667. The molecule has 0 N–H and O–H groups in total. The fourth-order valence-corrected chi connectivity index (χ4v) is 5.22. The monoisotopic (exact) mass is 458 g/mol.